The molecular weight excluding hydrogens is 150 g/mol. The van der Waals surface area contributed by atoms with Crippen molar-refractivity contribution in [3.63, 3.8) is 0 Å². The Kier molecular flexibility index (Phi) is 3.64. The molecule has 3 N–H and O–H groups in total. The summed E-state index contributed by atoms with van der Waals surface area (Å²) < 4.78 is 0. The van der Waals surface area contributed by atoms with Crippen LogP contribution >= 0.6 is 0 Å². The van der Waals surface area contributed by atoms with Gasteiger partial charge in [0, 0.05) is 13.1 Å². The minimum absolute atomic E-state index is 0.555. The lowest BCUT2D eigenvalue weighted by atomic mass is 10.2. The van der Waals surface area contributed by atoms with Crippen molar-refractivity contribution in [2.75, 3.05) is 13.1 Å². The molecule has 3 nitrogen and oxygen atoms in total. The lowest BCUT2D eigenvalue weighted by Crippen LogP contribution is -2.29. The predicted molar refractivity (Wildman–Crippen MR) is 51.1 cm³/mol. The maximum atomic E-state index is 7.64. The van der Waals surface area contributed by atoms with Gasteiger partial charge in [-0.15, -0.1) is 0 Å². The van der Waals surface area contributed by atoms with E-state index >= 15 is 0 Å². The van der Waals surface area contributed by atoms with E-state index in [2.05, 4.69) is 4.90 Å². The fraction of sp³-hybridized carbons (Fsp3) is 0.667. The highest BCUT2D eigenvalue weighted by Crippen LogP contribution is 2.09. The monoisotopic (exact) mass is 167 g/mol. The van der Waals surface area contributed by atoms with Crippen LogP contribution in [0, 0.1) is 5.41 Å². The Bertz CT molecular complexity index is 167. The molecule has 0 aromatic rings. The van der Waals surface area contributed by atoms with E-state index in [4.69, 9.17) is 11.1 Å². The molecule has 1 aliphatic heterocycles. The summed E-state index contributed by atoms with van der Waals surface area (Å²) in [7, 11) is 0. The second-order valence-corrected chi connectivity index (χ2v) is 3.15. The first-order chi connectivity index (χ1) is 5.84. The maximum Gasteiger partial charge on any atom is 0.122 e. The van der Waals surface area contributed by atoms with Gasteiger partial charge in [-0.3, -0.25) is 5.41 Å². The smallest absolute Gasteiger partial charge is 0.122 e. The van der Waals surface area contributed by atoms with Gasteiger partial charge in [0.25, 0.3) is 0 Å². The number of rotatable bonds is 1. The van der Waals surface area contributed by atoms with Crippen LogP contribution in [-0.2, 0) is 0 Å². The molecule has 0 aliphatic carbocycles. The van der Waals surface area contributed by atoms with Crippen molar-refractivity contribution in [1.82, 2.24) is 4.90 Å². The Morgan fingerprint density at radius 3 is 2.25 bits per heavy atom. The van der Waals surface area contributed by atoms with Crippen LogP contribution in [0.1, 0.15) is 25.7 Å². The van der Waals surface area contributed by atoms with Gasteiger partial charge in [-0.1, -0.05) is 12.8 Å². The Morgan fingerprint density at radius 2 is 1.75 bits per heavy atom. The summed E-state index contributed by atoms with van der Waals surface area (Å²) in [5.74, 6) is 0.555. The van der Waals surface area contributed by atoms with E-state index in [1.54, 1.807) is 6.08 Å². The van der Waals surface area contributed by atoms with Crippen LogP contribution in [0.25, 0.3) is 0 Å². The second-order valence-electron chi connectivity index (χ2n) is 3.15. The van der Waals surface area contributed by atoms with Gasteiger partial charge in [-0.25, -0.2) is 0 Å². The average molecular weight is 167 g/mol. The zero-order valence-corrected chi connectivity index (χ0v) is 7.42. The van der Waals surface area contributed by atoms with E-state index in [0.717, 1.165) is 13.1 Å². The van der Waals surface area contributed by atoms with Crippen molar-refractivity contribution < 1.29 is 0 Å². The van der Waals surface area contributed by atoms with Gasteiger partial charge < -0.3 is 10.6 Å². The first kappa shape index (κ1) is 9.10. The molecule has 0 bridgehead atoms. The van der Waals surface area contributed by atoms with Crippen molar-refractivity contribution in [3.05, 3.63) is 12.3 Å². The molecule has 1 aliphatic rings. The molecule has 0 aromatic heterocycles. The number of nitrogens with two attached hydrogens (primary N) is 1. The predicted octanol–water partition coefficient (Wildman–Crippen LogP) is 1.31. The van der Waals surface area contributed by atoms with Crippen LogP contribution in [0.4, 0.5) is 0 Å². The summed E-state index contributed by atoms with van der Waals surface area (Å²) in [6.07, 6.45) is 8.12. The molecular formula is C9H17N3. The van der Waals surface area contributed by atoms with Crippen LogP contribution in [0.15, 0.2) is 12.3 Å². The first-order valence-corrected chi connectivity index (χ1v) is 4.56. The molecule has 68 valence electrons. The van der Waals surface area contributed by atoms with Gasteiger partial charge in [0.1, 0.15) is 5.84 Å². The highest BCUT2D eigenvalue weighted by atomic mass is 15.2. The Balaban J connectivity index is 2.42. The van der Waals surface area contributed by atoms with Crippen LogP contribution in [0.3, 0.4) is 0 Å². The van der Waals surface area contributed by atoms with Gasteiger partial charge in [-0.05, 0) is 25.1 Å². The summed E-state index contributed by atoms with van der Waals surface area (Å²) in [5, 5.41) is 7.64. The first-order valence-electron chi connectivity index (χ1n) is 4.56. The summed E-state index contributed by atoms with van der Waals surface area (Å²) in [5.41, 5.74) is 5.23. The fourth-order valence-electron chi connectivity index (χ4n) is 1.51. The van der Waals surface area contributed by atoms with Crippen molar-refractivity contribution in [2.45, 2.75) is 25.7 Å². The van der Waals surface area contributed by atoms with E-state index < -0.39 is 0 Å². The summed E-state index contributed by atoms with van der Waals surface area (Å²) in [6, 6.07) is 0. The second kappa shape index (κ2) is 4.80. The van der Waals surface area contributed by atoms with E-state index in [1.165, 1.54) is 31.9 Å². The van der Waals surface area contributed by atoms with Crippen LogP contribution in [-0.4, -0.2) is 23.8 Å². The van der Waals surface area contributed by atoms with Gasteiger partial charge in [0.2, 0.25) is 0 Å². The van der Waals surface area contributed by atoms with Crippen LogP contribution in [0.2, 0.25) is 0 Å². The van der Waals surface area contributed by atoms with E-state index in [9.17, 15) is 0 Å². The molecule has 0 amide bonds. The molecule has 0 spiro atoms. The maximum absolute atomic E-state index is 7.64. The van der Waals surface area contributed by atoms with Crippen LogP contribution in [0.5, 0.6) is 0 Å². The van der Waals surface area contributed by atoms with Gasteiger partial charge in [-0.2, -0.15) is 0 Å². The number of amidine groups is 1. The van der Waals surface area contributed by atoms with Gasteiger partial charge in [0.15, 0.2) is 0 Å². The summed E-state index contributed by atoms with van der Waals surface area (Å²) in [4.78, 5) is 2.09. The quantitative estimate of drug-likeness (QED) is 0.457. The standard InChI is InChI=1S/C9H17N3/c10-6-5-9(11)12-7-3-1-2-4-8-12/h5-6,11H,1-4,7-8,10H2. The number of likely N-dealkylation sites (tertiary alicyclic amines) is 1. The van der Waals surface area contributed by atoms with E-state index in [1.807, 2.05) is 0 Å². The topological polar surface area (TPSA) is 53.1 Å². The Labute approximate surface area is 73.7 Å². The molecule has 1 rings (SSSR count). The number of nitrogens with one attached hydrogen (secondary N) is 1. The zero-order chi connectivity index (χ0) is 8.81. The third-order valence-corrected chi connectivity index (χ3v) is 2.20. The Morgan fingerprint density at radius 1 is 1.17 bits per heavy atom. The molecule has 1 saturated heterocycles. The van der Waals surface area contributed by atoms with Gasteiger partial charge in [0.05, 0.1) is 0 Å². The number of hydrogen-bond acceptors (Lipinski definition) is 2. The summed E-state index contributed by atoms with van der Waals surface area (Å²) in [6.45, 7) is 2.03. The minimum atomic E-state index is 0.555. The normalized spacial score (nSPS) is 19.5. The number of nitrogens with zero attached hydrogens (tertiary/aromatic N) is 1. The third kappa shape index (κ3) is 2.57. The molecule has 0 radical (unpaired) electrons. The van der Waals surface area contributed by atoms with Crippen molar-refractivity contribution in [1.29, 1.82) is 5.41 Å². The van der Waals surface area contributed by atoms with Crippen LogP contribution < -0.4 is 5.73 Å². The molecule has 0 unspecified atom stereocenters. The van der Waals surface area contributed by atoms with E-state index in [0.29, 0.717) is 5.84 Å². The largest absolute Gasteiger partial charge is 0.404 e. The lowest BCUT2D eigenvalue weighted by molar-refractivity contribution is 0.435. The summed E-state index contributed by atoms with van der Waals surface area (Å²) >= 11 is 0. The Hall–Kier alpha value is -0.990. The molecule has 3 heteroatoms. The van der Waals surface area contributed by atoms with E-state index in [-0.39, 0.29) is 0 Å². The molecule has 0 saturated carbocycles. The van der Waals surface area contributed by atoms with Crippen molar-refractivity contribution >= 4 is 5.84 Å². The van der Waals surface area contributed by atoms with Crippen molar-refractivity contribution in [3.8, 4) is 0 Å². The lowest BCUT2D eigenvalue weighted by Gasteiger charge is -2.20. The van der Waals surface area contributed by atoms with Gasteiger partial charge >= 0.3 is 0 Å². The minimum Gasteiger partial charge on any atom is -0.404 e. The molecule has 1 fully saturated rings. The molecule has 12 heavy (non-hydrogen) atoms. The van der Waals surface area contributed by atoms with Crippen molar-refractivity contribution in [2.24, 2.45) is 5.73 Å². The number of hydrogen-bond donors (Lipinski definition) is 2. The highest BCUT2D eigenvalue weighted by molar-refractivity contribution is 5.90. The molecule has 0 aromatic carbocycles. The molecule has 1 heterocycles. The zero-order valence-electron chi connectivity index (χ0n) is 7.42. The highest BCUT2D eigenvalue weighted by Gasteiger charge is 2.09. The third-order valence-electron chi connectivity index (χ3n) is 2.20. The molecule has 0 atom stereocenters. The fourth-order valence-corrected chi connectivity index (χ4v) is 1.51. The average Bonchev–Trinajstić information content (AvgIpc) is 2.32. The SMILES string of the molecule is N=C(C=CN)N1CCCCCC1.